The van der Waals surface area contributed by atoms with Crippen molar-refractivity contribution in [3.63, 3.8) is 0 Å². The Kier molecular flexibility index (Phi) is 3.13. The lowest BCUT2D eigenvalue weighted by Crippen LogP contribution is -2.25. The van der Waals surface area contributed by atoms with Crippen molar-refractivity contribution in [1.82, 2.24) is 9.63 Å². The number of hydrogen-bond acceptors (Lipinski definition) is 3. The van der Waals surface area contributed by atoms with E-state index in [1.165, 1.54) is 0 Å². The van der Waals surface area contributed by atoms with Crippen LogP contribution in [0.4, 0.5) is 0 Å². The first-order chi connectivity index (χ1) is 14.0. The molecule has 140 valence electrons. The highest BCUT2D eigenvalue weighted by Crippen LogP contribution is 2.44. The summed E-state index contributed by atoms with van der Waals surface area (Å²) in [6, 6.07) is 17.7. The maximum Gasteiger partial charge on any atom is 0.286 e. The Hall–Kier alpha value is -3.22. The average molecular weight is 445 g/mol. The zero-order valence-corrected chi connectivity index (χ0v) is 16.8. The molecule has 1 aliphatic heterocycles. The highest BCUT2D eigenvalue weighted by molar-refractivity contribution is 9.10. The molecule has 29 heavy (non-hydrogen) atoms. The molecule has 2 amide bonds. The van der Waals surface area contributed by atoms with Crippen molar-refractivity contribution >= 4 is 71.1 Å². The molecule has 6 heteroatoms. The van der Waals surface area contributed by atoms with Gasteiger partial charge in [0.2, 0.25) is 0 Å². The minimum absolute atomic E-state index is 0.238. The second-order valence-electron chi connectivity index (χ2n) is 7.33. The number of halogens is 1. The number of hydroxylamine groups is 2. The summed E-state index contributed by atoms with van der Waals surface area (Å²) in [5.74, 6) is -1.36. The standard InChI is InChI=1S/C23H13BrN2O3/c1-25-16-9-7-12(24)10-15(16)18-20-19(22(27)26(29)23(20)28)17-13-5-3-2-4-11(13)6-8-14(17)21(18)25/h2-10,29H,1H3. The molecule has 0 unspecified atom stereocenters. The van der Waals surface area contributed by atoms with E-state index in [1.807, 2.05) is 66.2 Å². The van der Waals surface area contributed by atoms with Crippen LogP contribution >= 0.6 is 15.9 Å². The van der Waals surface area contributed by atoms with Gasteiger partial charge in [-0.05, 0) is 29.0 Å². The number of amides is 2. The average Bonchev–Trinajstić information content (AvgIpc) is 3.14. The number of imide groups is 1. The number of nitrogens with zero attached hydrogens (tertiary/aromatic N) is 2. The summed E-state index contributed by atoms with van der Waals surface area (Å²) < 4.78 is 2.93. The SMILES string of the molecule is Cn1c2ccc(Br)cc2c2c3c(c4c5ccccc5ccc4c21)C(=O)N(O)C3=O. The van der Waals surface area contributed by atoms with Crippen LogP contribution in [0.1, 0.15) is 20.7 Å². The Morgan fingerprint density at radius 2 is 1.55 bits per heavy atom. The van der Waals surface area contributed by atoms with Crippen molar-refractivity contribution in [2.45, 2.75) is 0 Å². The first-order valence-electron chi connectivity index (χ1n) is 9.11. The van der Waals surface area contributed by atoms with E-state index in [1.54, 1.807) is 0 Å². The van der Waals surface area contributed by atoms with Crippen molar-refractivity contribution in [2.24, 2.45) is 7.05 Å². The van der Waals surface area contributed by atoms with Crippen LogP contribution in [-0.2, 0) is 7.05 Å². The van der Waals surface area contributed by atoms with Crippen molar-refractivity contribution < 1.29 is 14.8 Å². The van der Waals surface area contributed by atoms with Gasteiger partial charge in [-0.1, -0.05) is 52.3 Å². The number of hydrogen-bond donors (Lipinski definition) is 1. The highest BCUT2D eigenvalue weighted by atomic mass is 79.9. The predicted molar refractivity (Wildman–Crippen MR) is 115 cm³/mol. The van der Waals surface area contributed by atoms with Gasteiger partial charge in [-0.3, -0.25) is 14.8 Å². The lowest BCUT2D eigenvalue weighted by Gasteiger charge is -2.11. The molecule has 0 radical (unpaired) electrons. The second-order valence-corrected chi connectivity index (χ2v) is 8.24. The number of carbonyl (C=O) groups excluding carboxylic acids is 2. The largest absolute Gasteiger partial charge is 0.343 e. The van der Waals surface area contributed by atoms with Gasteiger partial charge in [0.1, 0.15) is 0 Å². The molecule has 0 saturated carbocycles. The zero-order valence-electron chi connectivity index (χ0n) is 15.2. The van der Waals surface area contributed by atoms with Gasteiger partial charge in [-0.15, -0.1) is 5.06 Å². The molecule has 0 fully saturated rings. The molecule has 0 spiro atoms. The molecule has 0 aliphatic carbocycles. The maximum atomic E-state index is 13.0. The van der Waals surface area contributed by atoms with E-state index < -0.39 is 11.8 Å². The van der Waals surface area contributed by atoms with Crippen LogP contribution in [0.5, 0.6) is 0 Å². The van der Waals surface area contributed by atoms with Crippen LogP contribution < -0.4 is 0 Å². The normalized spacial score (nSPS) is 14.1. The number of aromatic nitrogens is 1. The smallest absolute Gasteiger partial charge is 0.286 e. The third-order valence-electron chi connectivity index (χ3n) is 5.91. The van der Waals surface area contributed by atoms with Gasteiger partial charge in [0.05, 0.1) is 16.6 Å². The first-order valence-corrected chi connectivity index (χ1v) is 9.91. The molecule has 4 aromatic carbocycles. The number of aryl methyl sites for hydroxylation is 1. The lowest BCUT2D eigenvalue weighted by atomic mass is 9.91. The van der Waals surface area contributed by atoms with Gasteiger partial charge in [-0.25, -0.2) is 0 Å². The van der Waals surface area contributed by atoms with Crippen LogP contribution in [0.2, 0.25) is 0 Å². The van der Waals surface area contributed by atoms with Crippen LogP contribution in [0.25, 0.3) is 43.4 Å². The summed E-state index contributed by atoms with van der Waals surface area (Å²) in [5.41, 5.74) is 2.35. The molecule has 0 bridgehead atoms. The molecule has 6 rings (SSSR count). The van der Waals surface area contributed by atoms with E-state index in [9.17, 15) is 14.8 Å². The van der Waals surface area contributed by atoms with Crippen molar-refractivity contribution in [3.8, 4) is 0 Å². The summed E-state index contributed by atoms with van der Waals surface area (Å²) in [6.07, 6.45) is 0. The van der Waals surface area contributed by atoms with E-state index >= 15 is 0 Å². The molecule has 1 aromatic heterocycles. The highest BCUT2D eigenvalue weighted by Gasteiger charge is 2.40. The Morgan fingerprint density at radius 3 is 2.34 bits per heavy atom. The topological polar surface area (TPSA) is 62.5 Å². The van der Waals surface area contributed by atoms with E-state index in [2.05, 4.69) is 15.9 Å². The molecule has 5 aromatic rings. The summed E-state index contributed by atoms with van der Waals surface area (Å²) in [4.78, 5) is 25.9. The molecule has 5 nitrogen and oxygen atoms in total. The monoisotopic (exact) mass is 444 g/mol. The number of rotatable bonds is 0. The number of benzene rings is 4. The number of carbonyl (C=O) groups is 2. The summed E-state index contributed by atoms with van der Waals surface area (Å²) in [6.45, 7) is 0. The Morgan fingerprint density at radius 1 is 0.828 bits per heavy atom. The lowest BCUT2D eigenvalue weighted by molar-refractivity contribution is -0.0325. The van der Waals surface area contributed by atoms with Gasteiger partial charge in [0.15, 0.2) is 0 Å². The molecule has 1 N–H and O–H groups in total. The zero-order chi connectivity index (χ0) is 20.0. The Bertz CT molecular complexity index is 1580. The molecular weight excluding hydrogens is 432 g/mol. The van der Waals surface area contributed by atoms with Crippen molar-refractivity contribution in [3.05, 3.63) is 70.2 Å². The second kappa shape index (κ2) is 5.43. The third-order valence-corrected chi connectivity index (χ3v) is 6.40. The molecular formula is C23H13BrN2O3. The van der Waals surface area contributed by atoms with Crippen LogP contribution in [0.15, 0.2) is 59.1 Å². The molecule has 1 aliphatic rings. The maximum absolute atomic E-state index is 13.0. The fourth-order valence-corrected chi connectivity index (χ4v) is 5.07. The van der Waals surface area contributed by atoms with E-state index in [0.29, 0.717) is 10.8 Å². The van der Waals surface area contributed by atoms with E-state index in [-0.39, 0.29) is 16.2 Å². The van der Waals surface area contributed by atoms with E-state index in [4.69, 9.17) is 0 Å². The van der Waals surface area contributed by atoms with E-state index in [0.717, 1.165) is 37.1 Å². The first kappa shape index (κ1) is 16.7. The quantitative estimate of drug-likeness (QED) is 0.198. The summed E-state index contributed by atoms with van der Waals surface area (Å²) >= 11 is 3.51. The fraction of sp³-hybridized carbons (Fsp3) is 0.0435. The van der Waals surface area contributed by atoms with Crippen molar-refractivity contribution in [1.29, 1.82) is 0 Å². The third kappa shape index (κ3) is 1.92. The Balaban J connectivity index is 2.03. The van der Waals surface area contributed by atoms with Gasteiger partial charge < -0.3 is 4.57 Å². The molecule has 0 atom stereocenters. The Labute approximate surface area is 172 Å². The van der Waals surface area contributed by atoms with Crippen LogP contribution in [0.3, 0.4) is 0 Å². The van der Waals surface area contributed by atoms with Gasteiger partial charge >= 0.3 is 0 Å². The van der Waals surface area contributed by atoms with Crippen LogP contribution in [0, 0.1) is 0 Å². The minimum Gasteiger partial charge on any atom is -0.343 e. The van der Waals surface area contributed by atoms with Gasteiger partial charge in [-0.2, -0.15) is 0 Å². The van der Waals surface area contributed by atoms with Gasteiger partial charge in [0.25, 0.3) is 11.8 Å². The summed E-state index contributed by atoms with van der Waals surface area (Å²) in [5, 5.41) is 15.5. The number of fused-ring (bicyclic) bond motifs is 10. The van der Waals surface area contributed by atoms with Crippen molar-refractivity contribution in [2.75, 3.05) is 0 Å². The molecule has 0 saturated heterocycles. The van der Waals surface area contributed by atoms with Crippen LogP contribution in [-0.4, -0.2) is 26.7 Å². The summed E-state index contributed by atoms with van der Waals surface area (Å²) in [7, 11) is 1.96. The van der Waals surface area contributed by atoms with Gasteiger partial charge in [0, 0.05) is 38.6 Å². The fourth-order valence-electron chi connectivity index (χ4n) is 4.71. The predicted octanol–water partition coefficient (Wildman–Crippen LogP) is 5.39. The molecule has 2 heterocycles. The minimum atomic E-state index is -0.683.